The summed E-state index contributed by atoms with van der Waals surface area (Å²) in [4.78, 5) is 17.5. The van der Waals surface area contributed by atoms with Crippen molar-refractivity contribution in [1.29, 1.82) is 5.26 Å². The van der Waals surface area contributed by atoms with E-state index in [-0.39, 0.29) is 12.3 Å². The SMILES string of the molecule is COc1ccc(NC(=O)CCSc2nc(-c3ccccc3)cc(-c3ccc(C)cc3)c2C#N)c(OC)c1. The highest BCUT2D eigenvalue weighted by Gasteiger charge is 2.17. The Balaban J connectivity index is 1.57. The van der Waals surface area contributed by atoms with Crippen molar-refractivity contribution in [2.24, 2.45) is 0 Å². The normalized spacial score (nSPS) is 10.4. The summed E-state index contributed by atoms with van der Waals surface area (Å²) in [6, 6.07) is 27.5. The molecule has 37 heavy (non-hydrogen) atoms. The van der Waals surface area contributed by atoms with Crippen molar-refractivity contribution in [3.8, 4) is 40.0 Å². The molecule has 6 nitrogen and oxygen atoms in total. The molecule has 7 heteroatoms. The van der Waals surface area contributed by atoms with Crippen LogP contribution in [0.4, 0.5) is 5.69 Å². The van der Waals surface area contributed by atoms with Crippen LogP contribution in [0.2, 0.25) is 0 Å². The Hall–Kier alpha value is -4.28. The van der Waals surface area contributed by atoms with E-state index in [1.165, 1.54) is 11.8 Å². The first kappa shape index (κ1) is 25.8. The molecule has 0 unspecified atom stereocenters. The van der Waals surface area contributed by atoms with Gasteiger partial charge in [-0.3, -0.25) is 4.79 Å². The monoisotopic (exact) mass is 509 g/mol. The predicted molar refractivity (Wildman–Crippen MR) is 148 cm³/mol. The summed E-state index contributed by atoms with van der Waals surface area (Å²) < 4.78 is 10.6. The van der Waals surface area contributed by atoms with Crippen molar-refractivity contribution in [2.45, 2.75) is 18.4 Å². The number of rotatable bonds is 9. The Morgan fingerprint density at radius 3 is 2.41 bits per heavy atom. The van der Waals surface area contributed by atoms with Crippen molar-refractivity contribution in [1.82, 2.24) is 4.98 Å². The molecule has 3 aromatic carbocycles. The average molecular weight is 510 g/mol. The molecule has 186 valence electrons. The molecule has 1 aromatic heterocycles. The smallest absolute Gasteiger partial charge is 0.225 e. The van der Waals surface area contributed by atoms with Gasteiger partial charge < -0.3 is 14.8 Å². The number of hydrogen-bond donors (Lipinski definition) is 1. The summed E-state index contributed by atoms with van der Waals surface area (Å²) in [7, 11) is 3.12. The van der Waals surface area contributed by atoms with Crippen LogP contribution in [-0.4, -0.2) is 30.9 Å². The van der Waals surface area contributed by atoms with Crippen molar-refractivity contribution < 1.29 is 14.3 Å². The standard InChI is InChI=1S/C30H27N3O3S/c1-20-9-11-21(12-10-20)24-18-27(22-7-5-4-6-8-22)33-30(25(24)19-31)37-16-15-29(34)32-26-14-13-23(35-2)17-28(26)36-3/h4-14,17-18H,15-16H2,1-3H3,(H,32,34). The number of carbonyl (C=O) groups is 1. The summed E-state index contributed by atoms with van der Waals surface area (Å²) in [5.41, 5.74) is 5.75. The van der Waals surface area contributed by atoms with Gasteiger partial charge in [0.05, 0.1) is 31.2 Å². The predicted octanol–water partition coefficient (Wildman–Crippen LogP) is 6.73. The van der Waals surface area contributed by atoms with Gasteiger partial charge in [-0.15, -0.1) is 11.8 Å². The number of amides is 1. The molecule has 0 spiro atoms. The van der Waals surface area contributed by atoms with Gasteiger partial charge in [-0.2, -0.15) is 5.26 Å². The molecule has 1 N–H and O–H groups in total. The highest BCUT2D eigenvalue weighted by atomic mass is 32.2. The average Bonchev–Trinajstić information content (AvgIpc) is 2.93. The van der Waals surface area contributed by atoms with Crippen LogP contribution in [0.15, 0.2) is 83.9 Å². The summed E-state index contributed by atoms with van der Waals surface area (Å²) in [5, 5.41) is 13.6. The second kappa shape index (κ2) is 12.1. The van der Waals surface area contributed by atoms with Crippen LogP contribution in [0, 0.1) is 18.3 Å². The first-order valence-corrected chi connectivity index (χ1v) is 12.7. The molecule has 4 rings (SSSR count). The Morgan fingerprint density at radius 2 is 1.73 bits per heavy atom. The number of nitrogens with one attached hydrogen (secondary N) is 1. The van der Waals surface area contributed by atoms with Gasteiger partial charge in [0.1, 0.15) is 22.6 Å². The molecule has 0 aliphatic carbocycles. The molecular formula is C30H27N3O3S. The lowest BCUT2D eigenvalue weighted by Crippen LogP contribution is -2.13. The largest absolute Gasteiger partial charge is 0.497 e. The minimum Gasteiger partial charge on any atom is -0.497 e. The third-order valence-corrected chi connectivity index (χ3v) is 6.76. The Labute approximate surface area is 221 Å². The maximum atomic E-state index is 12.7. The number of methoxy groups -OCH3 is 2. The minimum atomic E-state index is -0.160. The van der Waals surface area contributed by atoms with E-state index in [9.17, 15) is 10.1 Å². The van der Waals surface area contributed by atoms with E-state index in [4.69, 9.17) is 14.5 Å². The van der Waals surface area contributed by atoms with Gasteiger partial charge in [0.15, 0.2) is 0 Å². The van der Waals surface area contributed by atoms with Crippen LogP contribution in [-0.2, 0) is 4.79 Å². The van der Waals surface area contributed by atoms with Gasteiger partial charge in [-0.05, 0) is 30.7 Å². The fourth-order valence-electron chi connectivity index (χ4n) is 3.81. The topological polar surface area (TPSA) is 84.2 Å². The van der Waals surface area contributed by atoms with E-state index in [0.717, 1.165) is 27.9 Å². The molecule has 0 saturated heterocycles. The number of aryl methyl sites for hydroxylation is 1. The van der Waals surface area contributed by atoms with Crippen LogP contribution >= 0.6 is 11.8 Å². The molecule has 0 aliphatic heterocycles. The van der Waals surface area contributed by atoms with Crippen molar-refractivity contribution in [3.05, 3.63) is 90.0 Å². The van der Waals surface area contributed by atoms with E-state index in [1.54, 1.807) is 32.4 Å². The zero-order valence-corrected chi connectivity index (χ0v) is 21.8. The first-order valence-electron chi connectivity index (χ1n) is 11.7. The molecule has 0 radical (unpaired) electrons. The zero-order chi connectivity index (χ0) is 26.2. The minimum absolute atomic E-state index is 0.160. The molecule has 4 aromatic rings. The van der Waals surface area contributed by atoms with Gasteiger partial charge in [0.25, 0.3) is 0 Å². The lowest BCUT2D eigenvalue weighted by atomic mass is 9.98. The highest BCUT2D eigenvalue weighted by Crippen LogP contribution is 2.35. The second-order valence-electron chi connectivity index (χ2n) is 8.29. The van der Waals surface area contributed by atoms with Crippen LogP contribution in [0.1, 0.15) is 17.5 Å². The van der Waals surface area contributed by atoms with E-state index in [1.807, 2.05) is 67.6 Å². The lowest BCUT2D eigenvalue weighted by Gasteiger charge is -2.13. The molecule has 0 fully saturated rings. The number of hydrogen-bond acceptors (Lipinski definition) is 6. The molecule has 0 bridgehead atoms. The number of carbonyl (C=O) groups excluding carboxylic acids is 1. The number of nitriles is 1. The Morgan fingerprint density at radius 1 is 0.973 bits per heavy atom. The summed E-state index contributed by atoms with van der Waals surface area (Å²) >= 11 is 1.40. The summed E-state index contributed by atoms with van der Waals surface area (Å²) in [5.74, 6) is 1.46. The van der Waals surface area contributed by atoms with E-state index >= 15 is 0 Å². The van der Waals surface area contributed by atoms with Gasteiger partial charge in [-0.1, -0.05) is 60.2 Å². The molecule has 0 aliphatic rings. The van der Waals surface area contributed by atoms with Gasteiger partial charge in [0, 0.05) is 29.4 Å². The van der Waals surface area contributed by atoms with E-state index in [2.05, 4.69) is 11.4 Å². The number of aromatic nitrogens is 1. The molecular weight excluding hydrogens is 482 g/mol. The highest BCUT2D eigenvalue weighted by molar-refractivity contribution is 7.99. The maximum Gasteiger partial charge on any atom is 0.225 e. The number of thioether (sulfide) groups is 1. The van der Waals surface area contributed by atoms with Crippen LogP contribution in [0.5, 0.6) is 11.5 Å². The van der Waals surface area contributed by atoms with Gasteiger partial charge in [-0.25, -0.2) is 4.98 Å². The second-order valence-corrected chi connectivity index (χ2v) is 9.38. The number of pyridine rings is 1. The van der Waals surface area contributed by atoms with Crippen molar-refractivity contribution in [2.75, 3.05) is 25.3 Å². The van der Waals surface area contributed by atoms with Crippen LogP contribution < -0.4 is 14.8 Å². The Bertz CT molecular complexity index is 1430. The van der Waals surface area contributed by atoms with Crippen molar-refractivity contribution in [3.63, 3.8) is 0 Å². The van der Waals surface area contributed by atoms with Crippen LogP contribution in [0.25, 0.3) is 22.4 Å². The number of ether oxygens (including phenoxy) is 2. The first-order chi connectivity index (χ1) is 18.0. The fraction of sp³-hybridized carbons (Fsp3) is 0.167. The number of anilines is 1. The van der Waals surface area contributed by atoms with E-state index in [0.29, 0.717) is 33.5 Å². The fourth-order valence-corrected chi connectivity index (χ4v) is 4.75. The third kappa shape index (κ3) is 6.29. The zero-order valence-electron chi connectivity index (χ0n) is 20.9. The van der Waals surface area contributed by atoms with Crippen LogP contribution in [0.3, 0.4) is 0 Å². The molecule has 1 amide bonds. The summed E-state index contributed by atoms with van der Waals surface area (Å²) in [6.07, 6.45) is 0.238. The number of benzene rings is 3. The summed E-state index contributed by atoms with van der Waals surface area (Å²) in [6.45, 7) is 2.03. The third-order valence-electron chi connectivity index (χ3n) is 5.78. The quantitative estimate of drug-likeness (QED) is 0.252. The molecule has 1 heterocycles. The number of nitrogens with zero attached hydrogens (tertiary/aromatic N) is 2. The Kier molecular flexibility index (Phi) is 8.44. The lowest BCUT2D eigenvalue weighted by molar-refractivity contribution is -0.115. The maximum absolute atomic E-state index is 12.7. The van der Waals surface area contributed by atoms with Crippen molar-refractivity contribution >= 4 is 23.4 Å². The van der Waals surface area contributed by atoms with Gasteiger partial charge >= 0.3 is 0 Å². The van der Waals surface area contributed by atoms with Gasteiger partial charge in [0.2, 0.25) is 5.91 Å². The molecule has 0 atom stereocenters. The van der Waals surface area contributed by atoms with E-state index < -0.39 is 0 Å². The molecule has 0 saturated carbocycles.